The molecule has 4 heteroatoms. The van der Waals surface area contributed by atoms with Gasteiger partial charge in [-0.05, 0) is 85.9 Å². The van der Waals surface area contributed by atoms with E-state index in [0.717, 1.165) is 5.56 Å². The number of hydrogen-bond acceptors (Lipinski definition) is 3. The minimum atomic E-state index is -0.0678. The number of carbonyl (C=O) groups excluding carboxylic acids is 1. The fourth-order valence-corrected chi connectivity index (χ4v) is 3.65. The number of hydrogen-bond donors (Lipinski definition) is 2. The lowest BCUT2D eigenvalue weighted by molar-refractivity contribution is -0.171. The Balaban J connectivity index is 2.24. The summed E-state index contributed by atoms with van der Waals surface area (Å²) in [5.41, 5.74) is 8.43. The van der Waals surface area contributed by atoms with Crippen LogP contribution < -0.4 is 5.32 Å². The lowest BCUT2D eigenvalue weighted by Crippen LogP contribution is -2.17. The molecule has 1 amide bonds. The molecule has 2 N–H and O–H groups in total. The molecule has 0 spiro atoms. The van der Waals surface area contributed by atoms with Gasteiger partial charge in [-0.2, -0.15) is 5.26 Å². The number of rotatable bonds is 4. The van der Waals surface area contributed by atoms with Crippen LogP contribution in [0.4, 0.5) is 5.69 Å². The van der Waals surface area contributed by atoms with Gasteiger partial charge in [0.25, 0.3) is 0 Å². The number of para-hydroxylation sites is 1. The fraction of sp³-hybridized carbons (Fsp3) is 0.348. The van der Waals surface area contributed by atoms with Gasteiger partial charge in [0.05, 0.1) is 11.3 Å². The molecule has 1 atom stereocenters. The molecule has 2 rings (SSSR count). The molecule has 27 heavy (non-hydrogen) atoms. The van der Waals surface area contributed by atoms with Gasteiger partial charge in [-0.25, -0.2) is 0 Å². The molecule has 0 aromatic heterocycles. The van der Waals surface area contributed by atoms with Crippen molar-refractivity contribution in [1.29, 1.82) is 0 Å². The summed E-state index contributed by atoms with van der Waals surface area (Å²) >= 11 is 0. The average Bonchev–Trinajstić information content (AvgIpc) is 2.60. The smallest absolute Gasteiger partial charge is 0.225 e. The third-order valence-corrected chi connectivity index (χ3v) is 5.17. The molecule has 0 aliphatic heterocycles. The van der Waals surface area contributed by atoms with Gasteiger partial charge in [-0.1, -0.05) is 25.1 Å². The molecule has 2 aromatic carbocycles. The van der Waals surface area contributed by atoms with Crippen LogP contribution in [0, 0.1) is 46.6 Å². The molecule has 0 saturated heterocycles. The molecule has 0 aliphatic rings. The molecular weight excluding hydrogens is 338 g/mol. The molecule has 4 nitrogen and oxygen atoms in total. The maximum atomic E-state index is 12.7. The van der Waals surface area contributed by atoms with Crippen LogP contribution in [-0.2, 0) is 9.68 Å². The van der Waals surface area contributed by atoms with Crippen LogP contribution in [0.25, 0.3) is 0 Å². The van der Waals surface area contributed by atoms with Gasteiger partial charge < -0.3 is 5.32 Å². The molecule has 0 bridgehead atoms. The summed E-state index contributed by atoms with van der Waals surface area (Å²) in [5, 5.41) is 11.4. The van der Waals surface area contributed by atoms with Gasteiger partial charge in [0.2, 0.25) is 5.91 Å². The van der Waals surface area contributed by atoms with Crippen molar-refractivity contribution in [2.75, 3.05) is 5.32 Å². The van der Waals surface area contributed by atoms with E-state index in [1.165, 1.54) is 27.8 Å². The van der Waals surface area contributed by atoms with Crippen LogP contribution in [0.5, 0.6) is 0 Å². The molecule has 0 heterocycles. The Morgan fingerprint density at radius 1 is 1.11 bits per heavy atom. The quantitative estimate of drug-likeness (QED) is 0.447. The number of nitrogens with one attached hydrogen (secondary N) is 1. The lowest BCUT2D eigenvalue weighted by atomic mass is 9.85. The van der Waals surface area contributed by atoms with Crippen molar-refractivity contribution in [3.63, 3.8) is 0 Å². The SMILES string of the molecule is Cc1cc(C)c(C(C)CC(=O)Nc2c(C)cccc2C#COO)c(C)c1C. The van der Waals surface area contributed by atoms with Crippen molar-refractivity contribution in [3.8, 4) is 12.0 Å². The molecule has 2 aromatic rings. The van der Waals surface area contributed by atoms with Gasteiger partial charge in [0.1, 0.15) is 0 Å². The van der Waals surface area contributed by atoms with Crippen LogP contribution in [0.2, 0.25) is 0 Å². The summed E-state index contributed by atoms with van der Waals surface area (Å²) < 4.78 is 0. The van der Waals surface area contributed by atoms with E-state index in [4.69, 9.17) is 5.26 Å². The molecular formula is C23H27NO3. The van der Waals surface area contributed by atoms with Gasteiger partial charge in [0.15, 0.2) is 6.11 Å². The Hall–Kier alpha value is -2.77. The molecule has 0 fully saturated rings. The minimum absolute atomic E-state index is 0.0678. The van der Waals surface area contributed by atoms with Crippen molar-refractivity contribution in [1.82, 2.24) is 0 Å². The standard InChI is InChI=1S/C23H27NO3/c1-14-8-7-9-20(10-11-27-26)23(14)24-21(25)13-17(4)22-16(3)12-15(2)18(5)19(22)6/h7-9,12,17,26H,13H2,1-6H3,(H,24,25). The van der Waals surface area contributed by atoms with Crippen molar-refractivity contribution in [2.24, 2.45) is 0 Å². The summed E-state index contributed by atoms with van der Waals surface area (Å²) in [6.07, 6.45) is 2.53. The van der Waals surface area contributed by atoms with Gasteiger partial charge in [0, 0.05) is 6.42 Å². The highest BCUT2D eigenvalue weighted by Crippen LogP contribution is 2.30. The third-order valence-electron chi connectivity index (χ3n) is 5.17. The van der Waals surface area contributed by atoms with Crippen LogP contribution in [0.15, 0.2) is 24.3 Å². The summed E-state index contributed by atoms with van der Waals surface area (Å²) in [4.78, 5) is 16.6. The van der Waals surface area contributed by atoms with E-state index in [0.29, 0.717) is 17.7 Å². The first-order valence-electron chi connectivity index (χ1n) is 9.04. The van der Waals surface area contributed by atoms with Gasteiger partial charge >= 0.3 is 0 Å². The van der Waals surface area contributed by atoms with Gasteiger partial charge in [-0.15, -0.1) is 0 Å². The van der Waals surface area contributed by atoms with Crippen molar-refractivity contribution in [2.45, 2.75) is 53.9 Å². The number of aryl methyl sites for hydroxylation is 3. The fourth-order valence-electron chi connectivity index (χ4n) is 3.65. The van der Waals surface area contributed by atoms with Crippen LogP contribution in [0.3, 0.4) is 0 Å². The third kappa shape index (κ3) is 4.69. The number of anilines is 1. The summed E-state index contributed by atoms with van der Waals surface area (Å²) in [5.74, 6) is 2.72. The average molecular weight is 365 g/mol. The zero-order chi connectivity index (χ0) is 20.1. The second-order valence-corrected chi connectivity index (χ2v) is 7.14. The molecule has 0 aliphatic carbocycles. The molecule has 0 saturated carbocycles. The van der Waals surface area contributed by atoms with Gasteiger partial charge in [-0.3, -0.25) is 9.68 Å². The molecule has 0 radical (unpaired) electrons. The second kappa shape index (κ2) is 8.75. The zero-order valence-corrected chi connectivity index (χ0v) is 16.9. The van der Waals surface area contributed by atoms with Crippen LogP contribution in [0.1, 0.15) is 58.2 Å². The minimum Gasteiger partial charge on any atom is -0.325 e. The number of benzene rings is 2. The molecule has 1 unspecified atom stereocenters. The van der Waals surface area contributed by atoms with Crippen molar-refractivity contribution >= 4 is 11.6 Å². The number of carbonyl (C=O) groups is 1. The lowest BCUT2D eigenvalue weighted by Gasteiger charge is -2.21. The monoisotopic (exact) mass is 365 g/mol. The zero-order valence-electron chi connectivity index (χ0n) is 16.9. The topological polar surface area (TPSA) is 58.6 Å². The van der Waals surface area contributed by atoms with E-state index in [2.05, 4.69) is 62.9 Å². The van der Waals surface area contributed by atoms with E-state index in [1.54, 1.807) is 6.07 Å². The Kier molecular flexibility index (Phi) is 6.65. The first-order valence-corrected chi connectivity index (χ1v) is 9.04. The van der Waals surface area contributed by atoms with E-state index < -0.39 is 0 Å². The maximum Gasteiger partial charge on any atom is 0.225 e. The Morgan fingerprint density at radius 2 is 1.81 bits per heavy atom. The first kappa shape index (κ1) is 20.5. The largest absolute Gasteiger partial charge is 0.325 e. The van der Waals surface area contributed by atoms with Crippen LogP contribution >= 0.6 is 0 Å². The highest BCUT2D eigenvalue weighted by Gasteiger charge is 2.18. The van der Waals surface area contributed by atoms with Crippen LogP contribution in [-0.4, -0.2) is 11.2 Å². The molecule has 142 valence electrons. The van der Waals surface area contributed by atoms with E-state index >= 15 is 0 Å². The van der Waals surface area contributed by atoms with Crippen molar-refractivity contribution < 1.29 is 14.9 Å². The Morgan fingerprint density at radius 3 is 2.48 bits per heavy atom. The predicted octanol–water partition coefficient (Wildman–Crippen LogP) is 5.16. The Labute approximate surface area is 161 Å². The van der Waals surface area contributed by atoms with E-state index in [-0.39, 0.29) is 11.8 Å². The van der Waals surface area contributed by atoms with Crippen molar-refractivity contribution in [3.05, 3.63) is 63.2 Å². The summed E-state index contributed by atoms with van der Waals surface area (Å²) in [6, 6.07) is 7.71. The number of amides is 1. The second-order valence-electron chi connectivity index (χ2n) is 7.14. The van der Waals surface area contributed by atoms with E-state index in [9.17, 15) is 4.79 Å². The predicted molar refractivity (Wildman–Crippen MR) is 109 cm³/mol. The summed E-state index contributed by atoms with van der Waals surface area (Å²) in [7, 11) is 0. The first-order chi connectivity index (χ1) is 12.8. The van der Waals surface area contributed by atoms with E-state index in [1.807, 2.05) is 19.1 Å². The maximum absolute atomic E-state index is 12.7. The highest BCUT2D eigenvalue weighted by molar-refractivity contribution is 5.93. The summed E-state index contributed by atoms with van der Waals surface area (Å²) in [6.45, 7) is 12.5. The Bertz CT molecular complexity index is 919. The normalized spacial score (nSPS) is 11.4. The highest BCUT2D eigenvalue weighted by atomic mass is 17.1.